The summed E-state index contributed by atoms with van der Waals surface area (Å²) < 4.78 is 41.4. The Hall–Kier alpha value is -3.11. The van der Waals surface area contributed by atoms with Gasteiger partial charge in [0.25, 0.3) is 5.56 Å². The zero-order valence-electron chi connectivity index (χ0n) is 20.8. The minimum Gasteiger partial charge on any atom is -0.385 e. The van der Waals surface area contributed by atoms with E-state index >= 15 is 0 Å². The van der Waals surface area contributed by atoms with Crippen LogP contribution >= 0.6 is 0 Å². The third-order valence-corrected chi connectivity index (χ3v) is 8.24. The zero-order chi connectivity index (χ0) is 25.7. The van der Waals surface area contributed by atoms with E-state index in [-0.39, 0.29) is 23.5 Å². The van der Waals surface area contributed by atoms with Crippen molar-refractivity contribution in [2.24, 2.45) is 0 Å². The fraction of sp³-hybridized carbons (Fsp3) is 0.333. The molecule has 0 saturated heterocycles. The first-order valence-electron chi connectivity index (χ1n) is 11.9. The van der Waals surface area contributed by atoms with E-state index in [1.165, 1.54) is 8.87 Å². The number of para-hydroxylation sites is 1. The van der Waals surface area contributed by atoms with Gasteiger partial charge in [0.2, 0.25) is 10.0 Å². The van der Waals surface area contributed by atoms with E-state index in [2.05, 4.69) is 0 Å². The van der Waals surface area contributed by atoms with Gasteiger partial charge in [0.05, 0.1) is 35.0 Å². The molecule has 3 aromatic carbocycles. The molecule has 0 aliphatic rings. The third kappa shape index (κ3) is 5.19. The number of fused-ring (bicyclic) bond motifs is 2. The van der Waals surface area contributed by atoms with Gasteiger partial charge in [0, 0.05) is 27.4 Å². The van der Waals surface area contributed by atoms with E-state index < -0.39 is 16.1 Å². The molecule has 1 unspecified atom stereocenters. The molecule has 0 fully saturated rings. The van der Waals surface area contributed by atoms with Crippen molar-refractivity contribution < 1.29 is 17.9 Å². The lowest BCUT2D eigenvalue weighted by Crippen LogP contribution is -2.39. The Morgan fingerprint density at radius 2 is 1.64 bits per heavy atom. The highest BCUT2D eigenvalue weighted by molar-refractivity contribution is 7.89. The van der Waals surface area contributed by atoms with Crippen LogP contribution in [0.3, 0.4) is 0 Å². The van der Waals surface area contributed by atoms with Crippen LogP contribution in [0.4, 0.5) is 0 Å². The smallest absolute Gasteiger partial charge is 0.261 e. The molecule has 0 amide bonds. The van der Waals surface area contributed by atoms with Gasteiger partial charge in [0.15, 0.2) is 0 Å². The average molecular weight is 510 g/mol. The number of methoxy groups -OCH3 is 2. The summed E-state index contributed by atoms with van der Waals surface area (Å²) in [6, 6.07) is 19.1. The van der Waals surface area contributed by atoms with Gasteiger partial charge in [0.1, 0.15) is 5.82 Å². The molecule has 4 aromatic rings. The SMILES string of the molecule is COCCCN(C(C)c1nc2ccccc2c(=O)n1CCOC)S(=O)(=O)c1ccc2ccccc2c1. The van der Waals surface area contributed by atoms with E-state index in [0.29, 0.717) is 36.4 Å². The maximum atomic E-state index is 14.0. The van der Waals surface area contributed by atoms with Crippen molar-refractivity contribution in [1.82, 2.24) is 13.9 Å². The second-order valence-corrected chi connectivity index (χ2v) is 10.5. The Morgan fingerprint density at radius 1 is 0.944 bits per heavy atom. The number of ether oxygens (including phenoxy) is 2. The molecule has 190 valence electrons. The summed E-state index contributed by atoms with van der Waals surface area (Å²) in [5.74, 6) is 0.373. The fourth-order valence-corrected chi connectivity index (χ4v) is 6.05. The number of aromatic nitrogens is 2. The molecule has 0 radical (unpaired) electrons. The highest BCUT2D eigenvalue weighted by Gasteiger charge is 2.32. The molecule has 1 atom stereocenters. The number of hydrogen-bond donors (Lipinski definition) is 0. The molecule has 1 aromatic heterocycles. The van der Waals surface area contributed by atoms with Gasteiger partial charge >= 0.3 is 0 Å². The van der Waals surface area contributed by atoms with Crippen LogP contribution in [0.25, 0.3) is 21.7 Å². The molecule has 0 aliphatic heterocycles. The van der Waals surface area contributed by atoms with E-state index in [1.807, 2.05) is 36.4 Å². The second-order valence-electron chi connectivity index (χ2n) is 8.58. The first-order valence-corrected chi connectivity index (χ1v) is 13.3. The Bertz CT molecular complexity index is 1520. The predicted octanol–water partition coefficient (Wildman–Crippen LogP) is 3.98. The molecule has 8 nitrogen and oxygen atoms in total. The predicted molar refractivity (Wildman–Crippen MR) is 141 cm³/mol. The van der Waals surface area contributed by atoms with Gasteiger partial charge in [-0.15, -0.1) is 0 Å². The molecular weight excluding hydrogens is 478 g/mol. The first-order chi connectivity index (χ1) is 17.4. The van der Waals surface area contributed by atoms with E-state index in [0.717, 1.165) is 10.8 Å². The molecule has 0 saturated carbocycles. The minimum absolute atomic E-state index is 0.192. The summed E-state index contributed by atoms with van der Waals surface area (Å²) in [4.78, 5) is 18.3. The van der Waals surface area contributed by atoms with Crippen LogP contribution in [-0.2, 0) is 26.0 Å². The summed E-state index contributed by atoms with van der Waals surface area (Å²) in [7, 11) is -0.791. The van der Waals surface area contributed by atoms with E-state index in [9.17, 15) is 13.2 Å². The van der Waals surface area contributed by atoms with Gasteiger partial charge in [-0.25, -0.2) is 13.4 Å². The van der Waals surface area contributed by atoms with Gasteiger partial charge in [-0.2, -0.15) is 4.31 Å². The minimum atomic E-state index is -3.93. The highest BCUT2D eigenvalue weighted by atomic mass is 32.2. The maximum absolute atomic E-state index is 14.0. The van der Waals surface area contributed by atoms with Crippen LogP contribution < -0.4 is 5.56 Å². The molecule has 0 spiro atoms. The van der Waals surface area contributed by atoms with Crippen molar-refractivity contribution >= 4 is 31.7 Å². The number of benzene rings is 3. The molecular formula is C27H31N3O5S. The lowest BCUT2D eigenvalue weighted by Gasteiger charge is -2.30. The highest BCUT2D eigenvalue weighted by Crippen LogP contribution is 2.29. The summed E-state index contributed by atoms with van der Waals surface area (Å²) >= 11 is 0. The van der Waals surface area contributed by atoms with Crippen molar-refractivity contribution in [3.05, 3.63) is 82.9 Å². The maximum Gasteiger partial charge on any atom is 0.261 e. The summed E-state index contributed by atoms with van der Waals surface area (Å²) in [5.41, 5.74) is 0.303. The topological polar surface area (TPSA) is 90.7 Å². The number of rotatable bonds is 11. The standard InChI is InChI=1S/C27H31N3O5S/c1-20(26-28-25-12-7-6-11-24(25)27(31)29(26)16-18-35-3)30(15-8-17-34-2)36(32,33)23-14-13-21-9-4-5-10-22(21)19-23/h4-7,9-14,19-20H,8,15-18H2,1-3H3. The molecule has 36 heavy (non-hydrogen) atoms. The Labute approximate surface area is 211 Å². The Balaban J connectivity index is 1.84. The average Bonchev–Trinajstić information content (AvgIpc) is 2.89. The van der Waals surface area contributed by atoms with Crippen LogP contribution in [0.5, 0.6) is 0 Å². The van der Waals surface area contributed by atoms with Crippen molar-refractivity contribution in [3.63, 3.8) is 0 Å². The summed E-state index contributed by atoms with van der Waals surface area (Å²) in [6.45, 7) is 2.93. The number of hydrogen-bond acceptors (Lipinski definition) is 6. The summed E-state index contributed by atoms with van der Waals surface area (Å²) in [5, 5.41) is 2.27. The van der Waals surface area contributed by atoms with Gasteiger partial charge in [-0.05, 0) is 48.4 Å². The van der Waals surface area contributed by atoms with Crippen molar-refractivity contribution in [2.45, 2.75) is 30.8 Å². The normalized spacial score (nSPS) is 13.0. The molecule has 4 rings (SSSR count). The van der Waals surface area contributed by atoms with E-state index in [4.69, 9.17) is 14.5 Å². The molecule has 1 heterocycles. The molecule has 0 bridgehead atoms. The van der Waals surface area contributed by atoms with Crippen LogP contribution in [0.15, 0.2) is 76.4 Å². The van der Waals surface area contributed by atoms with Crippen LogP contribution in [-0.4, -0.2) is 56.3 Å². The zero-order valence-corrected chi connectivity index (χ0v) is 21.6. The van der Waals surface area contributed by atoms with Gasteiger partial charge in [-0.1, -0.05) is 42.5 Å². The fourth-order valence-electron chi connectivity index (χ4n) is 4.38. The number of sulfonamides is 1. The van der Waals surface area contributed by atoms with Crippen LogP contribution in [0.1, 0.15) is 25.2 Å². The van der Waals surface area contributed by atoms with Crippen LogP contribution in [0, 0.1) is 0 Å². The molecule has 0 N–H and O–H groups in total. The monoisotopic (exact) mass is 509 g/mol. The Morgan fingerprint density at radius 3 is 2.39 bits per heavy atom. The van der Waals surface area contributed by atoms with E-state index in [1.54, 1.807) is 51.5 Å². The van der Waals surface area contributed by atoms with Crippen molar-refractivity contribution in [1.29, 1.82) is 0 Å². The summed E-state index contributed by atoms with van der Waals surface area (Å²) in [6.07, 6.45) is 0.490. The first kappa shape index (κ1) is 26.0. The lowest BCUT2D eigenvalue weighted by molar-refractivity contribution is 0.176. The van der Waals surface area contributed by atoms with Gasteiger partial charge < -0.3 is 9.47 Å². The van der Waals surface area contributed by atoms with Crippen molar-refractivity contribution in [2.75, 3.05) is 34.0 Å². The second kappa shape index (κ2) is 11.3. The van der Waals surface area contributed by atoms with Gasteiger partial charge in [-0.3, -0.25) is 9.36 Å². The van der Waals surface area contributed by atoms with Crippen molar-refractivity contribution in [3.8, 4) is 0 Å². The molecule has 9 heteroatoms. The lowest BCUT2D eigenvalue weighted by atomic mass is 10.1. The molecule has 0 aliphatic carbocycles. The Kier molecular flexibility index (Phi) is 8.15. The quantitative estimate of drug-likeness (QED) is 0.284. The van der Waals surface area contributed by atoms with Crippen LogP contribution in [0.2, 0.25) is 0 Å². The third-order valence-electron chi connectivity index (χ3n) is 6.27. The largest absolute Gasteiger partial charge is 0.385 e. The number of nitrogens with zero attached hydrogens (tertiary/aromatic N) is 3.